The smallest absolute Gasteiger partial charge is 0.147 e. The summed E-state index contributed by atoms with van der Waals surface area (Å²) >= 11 is 0. The zero-order chi connectivity index (χ0) is 9.26. The van der Waals surface area contributed by atoms with Gasteiger partial charge in [0, 0.05) is 13.1 Å². The van der Waals surface area contributed by atoms with Gasteiger partial charge in [0.05, 0.1) is 18.5 Å². The Kier molecular flexibility index (Phi) is 2.02. The molecule has 1 saturated heterocycles. The number of hydrogen-bond acceptors (Lipinski definition) is 5. The van der Waals surface area contributed by atoms with Crippen molar-refractivity contribution in [1.29, 1.82) is 0 Å². The van der Waals surface area contributed by atoms with E-state index in [0.717, 1.165) is 18.8 Å². The summed E-state index contributed by atoms with van der Waals surface area (Å²) in [6.07, 6.45) is 3.72. The number of aliphatic hydroxyl groups is 1. The lowest BCUT2D eigenvalue weighted by molar-refractivity contribution is 0.198. The Morgan fingerprint density at radius 1 is 1.46 bits per heavy atom. The van der Waals surface area contributed by atoms with E-state index in [-0.39, 0.29) is 6.10 Å². The van der Waals surface area contributed by atoms with Gasteiger partial charge in [-0.15, -0.1) is 0 Å². The molecule has 0 aliphatic carbocycles. The highest BCUT2D eigenvalue weighted by molar-refractivity contribution is 5.40. The summed E-state index contributed by atoms with van der Waals surface area (Å²) in [5.41, 5.74) is 5.41. The SMILES string of the molecule is Nc1cnc(N2CC[C@@H](O)C2)cn1. The molecule has 2 heterocycles. The third-order valence-corrected chi connectivity index (χ3v) is 2.15. The lowest BCUT2D eigenvalue weighted by atomic mass is 10.3. The van der Waals surface area contributed by atoms with Gasteiger partial charge in [-0.1, -0.05) is 0 Å². The average molecular weight is 180 g/mol. The lowest BCUT2D eigenvalue weighted by Crippen LogP contribution is -2.22. The predicted molar refractivity (Wildman–Crippen MR) is 49.3 cm³/mol. The first-order chi connectivity index (χ1) is 6.25. The van der Waals surface area contributed by atoms with Crippen molar-refractivity contribution in [2.24, 2.45) is 0 Å². The van der Waals surface area contributed by atoms with Crippen molar-refractivity contribution in [2.75, 3.05) is 23.7 Å². The maximum absolute atomic E-state index is 9.30. The Morgan fingerprint density at radius 3 is 2.85 bits per heavy atom. The van der Waals surface area contributed by atoms with E-state index in [2.05, 4.69) is 9.97 Å². The zero-order valence-electron chi connectivity index (χ0n) is 7.22. The molecule has 2 rings (SSSR count). The van der Waals surface area contributed by atoms with Crippen molar-refractivity contribution >= 4 is 11.6 Å². The normalized spacial score (nSPS) is 22.2. The van der Waals surface area contributed by atoms with Gasteiger partial charge in [-0.2, -0.15) is 0 Å². The van der Waals surface area contributed by atoms with Gasteiger partial charge in [0.25, 0.3) is 0 Å². The molecular weight excluding hydrogens is 168 g/mol. The maximum Gasteiger partial charge on any atom is 0.147 e. The van der Waals surface area contributed by atoms with E-state index >= 15 is 0 Å². The predicted octanol–water partition coefficient (Wildman–Crippen LogP) is -0.370. The summed E-state index contributed by atoms with van der Waals surface area (Å²) in [5, 5.41) is 9.30. The number of nitrogens with zero attached hydrogens (tertiary/aromatic N) is 3. The number of aromatic nitrogens is 2. The summed E-state index contributed by atoms with van der Waals surface area (Å²) in [5.74, 6) is 1.20. The molecule has 5 nitrogen and oxygen atoms in total. The first-order valence-electron chi connectivity index (χ1n) is 4.26. The minimum absolute atomic E-state index is 0.237. The summed E-state index contributed by atoms with van der Waals surface area (Å²) in [6.45, 7) is 1.47. The summed E-state index contributed by atoms with van der Waals surface area (Å²) in [4.78, 5) is 10.1. The number of nitrogens with two attached hydrogens (primary N) is 1. The van der Waals surface area contributed by atoms with Crippen molar-refractivity contribution in [3.8, 4) is 0 Å². The molecule has 1 fully saturated rings. The fraction of sp³-hybridized carbons (Fsp3) is 0.500. The van der Waals surface area contributed by atoms with Crippen molar-refractivity contribution in [3.63, 3.8) is 0 Å². The molecule has 0 bridgehead atoms. The fourth-order valence-corrected chi connectivity index (χ4v) is 1.44. The molecule has 0 unspecified atom stereocenters. The standard InChI is InChI=1S/C8H12N4O/c9-7-3-11-8(4-10-7)12-2-1-6(13)5-12/h3-4,6,13H,1-2,5H2,(H2,9,10)/t6-/m1/s1. The number of hydrogen-bond donors (Lipinski definition) is 2. The van der Waals surface area contributed by atoms with E-state index in [1.807, 2.05) is 4.90 Å². The van der Waals surface area contributed by atoms with Crippen LogP contribution in [-0.2, 0) is 0 Å². The van der Waals surface area contributed by atoms with Gasteiger partial charge in [0.2, 0.25) is 0 Å². The van der Waals surface area contributed by atoms with Crippen LogP contribution in [0.5, 0.6) is 0 Å². The first-order valence-corrected chi connectivity index (χ1v) is 4.26. The van der Waals surface area contributed by atoms with Crippen LogP contribution in [0.3, 0.4) is 0 Å². The molecule has 0 aromatic carbocycles. The quantitative estimate of drug-likeness (QED) is 0.616. The fourth-order valence-electron chi connectivity index (χ4n) is 1.44. The second-order valence-electron chi connectivity index (χ2n) is 3.19. The molecular formula is C8H12N4O. The highest BCUT2D eigenvalue weighted by Gasteiger charge is 2.21. The van der Waals surface area contributed by atoms with Gasteiger partial charge < -0.3 is 15.7 Å². The Labute approximate surface area is 76.2 Å². The second-order valence-corrected chi connectivity index (χ2v) is 3.19. The van der Waals surface area contributed by atoms with Crippen molar-refractivity contribution in [2.45, 2.75) is 12.5 Å². The van der Waals surface area contributed by atoms with Gasteiger partial charge in [-0.05, 0) is 6.42 Å². The van der Waals surface area contributed by atoms with Gasteiger partial charge >= 0.3 is 0 Å². The Bertz CT molecular complexity index is 287. The van der Waals surface area contributed by atoms with Crippen LogP contribution in [0, 0.1) is 0 Å². The minimum Gasteiger partial charge on any atom is -0.391 e. The maximum atomic E-state index is 9.30. The topological polar surface area (TPSA) is 75.3 Å². The van der Waals surface area contributed by atoms with Crippen LogP contribution in [0.15, 0.2) is 12.4 Å². The Hall–Kier alpha value is -1.36. The molecule has 0 radical (unpaired) electrons. The summed E-state index contributed by atoms with van der Waals surface area (Å²) in [7, 11) is 0. The number of aliphatic hydroxyl groups excluding tert-OH is 1. The van der Waals surface area contributed by atoms with Gasteiger partial charge in [0.15, 0.2) is 0 Å². The lowest BCUT2D eigenvalue weighted by Gasteiger charge is -2.15. The molecule has 0 amide bonds. The summed E-state index contributed by atoms with van der Waals surface area (Å²) < 4.78 is 0. The molecule has 1 aliphatic heterocycles. The van der Waals surface area contributed by atoms with Crippen LogP contribution in [0.25, 0.3) is 0 Å². The monoisotopic (exact) mass is 180 g/mol. The summed E-state index contributed by atoms with van der Waals surface area (Å²) in [6, 6.07) is 0. The molecule has 5 heteroatoms. The number of anilines is 2. The van der Waals surface area contributed by atoms with Crippen LogP contribution in [0.4, 0.5) is 11.6 Å². The van der Waals surface area contributed by atoms with E-state index in [0.29, 0.717) is 12.4 Å². The third-order valence-electron chi connectivity index (χ3n) is 2.15. The first kappa shape index (κ1) is 8.25. The van der Waals surface area contributed by atoms with E-state index in [1.165, 1.54) is 6.20 Å². The molecule has 3 N–H and O–H groups in total. The molecule has 70 valence electrons. The molecule has 1 aromatic heterocycles. The van der Waals surface area contributed by atoms with Crippen molar-refractivity contribution < 1.29 is 5.11 Å². The molecule has 1 aromatic rings. The van der Waals surface area contributed by atoms with Crippen LogP contribution < -0.4 is 10.6 Å². The molecule has 1 atom stereocenters. The van der Waals surface area contributed by atoms with Gasteiger partial charge in [-0.25, -0.2) is 9.97 Å². The van der Waals surface area contributed by atoms with Gasteiger partial charge in [-0.3, -0.25) is 0 Å². The molecule has 1 aliphatic rings. The Morgan fingerprint density at radius 2 is 2.31 bits per heavy atom. The van der Waals surface area contributed by atoms with Crippen LogP contribution in [0.1, 0.15) is 6.42 Å². The third kappa shape index (κ3) is 1.70. The van der Waals surface area contributed by atoms with E-state index in [1.54, 1.807) is 6.20 Å². The van der Waals surface area contributed by atoms with Crippen molar-refractivity contribution in [1.82, 2.24) is 9.97 Å². The van der Waals surface area contributed by atoms with E-state index in [9.17, 15) is 5.11 Å². The van der Waals surface area contributed by atoms with Crippen LogP contribution in [-0.4, -0.2) is 34.3 Å². The number of β-amino-alcohol motifs (C(OH)–C–C–N with tert-alkyl or cyclic N) is 1. The van der Waals surface area contributed by atoms with Crippen molar-refractivity contribution in [3.05, 3.63) is 12.4 Å². The van der Waals surface area contributed by atoms with Crippen LogP contribution in [0.2, 0.25) is 0 Å². The zero-order valence-corrected chi connectivity index (χ0v) is 7.22. The molecule has 0 spiro atoms. The number of nitrogen functional groups attached to an aromatic ring is 1. The largest absolute Gasteiger partial charge is 0.391 e. The number of rotatable bonds is 1. The highest BCUT2D eigenvalue weighted by atomic mass is 16.3. The molecule has 0 saturated carbocycles. The van der Waals surface area contributed by atoms with E-state index < -0.39 is 0 Å². The Balaban J connectivity index is 2.13. The second kappa shape index (κ2) is 3.18. The molecule has 13 heavy (non-hydrogen) atoms. The van der Waals surface area contributed by atoms with Gasteiger partial charge in [0.1, 0.15) is 11.6 Å². The van der Waals surface area contributed by atoms with E-state index in [4.69, 9.17) is 5.73 Å². The highest BCUT2D eigenvalue weighted by Crippen LogP contribution is 2.16. The average Bonchev–Trinajstić information content (AvgIpc) is 2.53. The minimum atomic E-state index is -0.237. The van der Waals surface area contributed by atoms with Crippen LogP contribution >= 0.6 is 0 Å².